The van der Waals surface area contributed by atoms with E-state index in [2.05, 4.69) is 5.32 Å². The van der Waals surface area contributed by atoms with Crippen molar-refractivity contribution in [1.29, 1.82) is 0 Å². The van der Waals surface area contributed by atoms with E-state index >= 15 is 0 Å². The number of aryl methyl sites for hydroxylation is 1. The lowest BCUT2D eigenvalue weighted by Crippen LogP contribution is -2.30. The molecule has 0 bridgehead atoms. The molecule has 1 N–H and O–H groups in total. The van der Waals surface area contributed by atoms with Gasteiger partial charge in [-0.1, -0.05) is 37.6 Å². The van der Waals surface area contributed by atoms with Crippen molar-refractivity contribution in [2.45, 2.75) is 31.6 Å². The SMILES string of the molecule is CCN(CC)S(=O)(=O)c1ccc(CCC(=O)Nc2cc(Cl)c(OC)cc2OC)cc1. The van der Waals surface area contributed by atoms with Crippen LogP contribution in [0.1, 0.15) is 25.8 Å². The van der Waals surface area contributed by atoms with Gasteiger partial charge in [-0.15, -0.1) is 0 Å². The van der Waals surface area contributed by atoms with Crippen LogP contribution in [0.3, 0.4) is 0 Å². The van der Waals surface area contributed by atoms with Gasteiger partial charge in [-0.05, 0) is 30.2 Å². The average molecular weight is 455 g/mol. The molecular formula is C21H27ClN2O5S. The molecule has 9 heteroatoms. The number of carbonyl (C=O) groups is 1. The zero-order chi connectivity index (χ0) is 22.3. The largest absolute Gasteiger partial charge is 0.495 e. The van der Waals surface area contributed by atoms with E-state index < -0.39 is 10.0 Å². The summed E-state index contributed by atoms with van der Waals surface area (Å²) in [5.41, 5.74) is 1.32. The number of carbonyl (C=O) groups excluding carboxylic acids is 1. The van der Waals surface area contributed by atoms with Crippen molar-refractivity contribution in [3.8, 4) is 11.5 Å². The van der Waals surface area contributed by atoms with E-state index in [4.69, 9.17) is 21.1 Å². The number of methoxy groups -OCH3 is 2. The summed E-state index contributed by atoms with van der Waals surface area (Å²) in [6.45, 7) is 4.44. The monoisotopic (exact) mass is 454 g/mol. The molecule has 30 heavy (non-hydrogen) atoms. The molecule has 164 valence electrons. The van der Waals surface area contributed by atoms with Crippen molar-refractivity contribution in [1.82, 2.24) is 4.31 Å². The van der Waals surface area contributed by atoms with Gasteiger partial charge in [0, 0.05) is 25.6 Å². The summed E-state index contributed by atoms with van der Waals surface area (Å²) in [6, 6.07) is 9.79. The number of hydrogen-bond donors (Lipinski definition) is 1. The lowest BCUT2D eigenvalue weighted by Gasteiger charge is -2.18. The average Bonchev–Trinajstić information content (AvgIpc) is 2.73. The van der Waals surface area contributed by atoms with Crippen molar-refractivity contribution in [3.05, 3.63) is 47.0 Å². The minimum atomic E-state index is -3.49. The zero-order valence-corrected chi connectivity index (χ0v) is 19.1. The molecule has 0 aliphatic heterocycles. The first-order valence-corrected chi connectivity index (χ1v) is 11.4. The van der Waals surface area contributed by atoms with Crippen LogP contribution in [-0.2, 0) is 21.2 Å². The standard InChI is InChI=1S/C21H27ClN2O5S/c1-5-24(6-2)30(26,27)16-10-7-15(8-11-16)9-12-21(25)23-18-13-17(22)19(28-3)14-20(18)29-4/h7-8,10-11,13-14H,5-6,9,12H2,1-4H3,(H,23,25). The van der Waals surface area contributed by atoms with Gasteiger partial charge in [-0.2, -0.15) is 4.31 Å². The number of rotatable bonds is 10. The second-order valence-corrected chi connectivity index (χ2v) is 8.81. The molecule has 0 spiro atoms. The second kappa shape index (κ2) is 10.7. The fourth-order valence-corrected chi connectivity index (χ4v) is 4.67. The molecule has 0 fully saturated rings. The quantitative estimate of drug-likeness (QED) is 0.587. The molecule has 0 saturated carbocycles. The van der Waals surface area contributed by atoms with Crippen LogP contribution in [0.25, 0.3) is 0 Å². The van der Waals surface area contributed by atoms with Crippen molar-refractivity contribution in [2.24, 2.45) is 0 Å². The highest BCUT2D eigenvalue weighted by Crippen LogP contribution is 2.36. The zero-order valence-electron chi connectivity index (χ0n) is 17.6. The Morgan fingerprint density at radius 2 is 1.63 bits per heavy atom. The fourth-order valence-electron chi connectivity index (χ4n) is 2.97. The van der Waals surface area contributed by atoms with Crippen LogP contribution < -0.4 is 14.8 Å². The Labute approximate surface area is 183 Å². The van der Waals surface area contributed by atoms with Gasteiger partial charge in [0.2, 0.25) is 15.9 Å². The van der Waals surface area contributed by atoms with E-state index in [1.807, 2.05) is 0 Å². The number of halogens is 1. The number of nitrogens with zero attached hydrogens (tertiary/aromatic N) is 1. The summed E-state index contributed by atoms with van der Waals surface area (Å²) < 4.78 is 36.9. The third kappa shape index (κ3) is 5.65. The molecule has 2 aromatic carbocycles. The van der Waals surface area contributed by atoms with Gasteiger partial charge in [0.15, 0.2) is 0 Å². The molecule has 0 heterocycles. The maximum atomic E-state index is 12.5. The van der Waals surface area contributed by atoms with Crippen LogP contribution in [0.15, 0.2) is 41.3 Å². The Kier molecular flexibility index (Phi) is 8.52. The summed E-state index contributed by atoms with van der Waals surface area (Å²) in [6.07, 6.45) is 0.679. The molecular weight excluding hydrogens is 428 g/mol. The molecule has 2 rings (SSSR count). The lowest BCUT2D eigenvalue weighted by molar-refractivity contribution is -0.116. The van der Waals surface area contributed by atoms with Crippen LogP contribution >= 0.6 is 11.6 Å². The second-order valence-electron chi connectivity index (χ2n) is 6.47. The number of nitrogens with one attached hydrogen (secondary N) is 1. The molecule has 0 unspecified atom stereocenters. The van der Waals surface area contributed by atoms with Gasteiger partial charge < -0.3 is 14.8 Å². The van der Waals surface area contributed by atoms with Gasteiger partial charge in [-0.3, -0.25) is 4.79 Å². The summed E-state index contributed by atoms with van der Waals surface area (Å²) in [5.74, 6) is 0.677. The maximum Gasteiger partial charge on any atom is 0.243 e. The minimum absolute atomic E-state index is 0.214. The highest BCUT2D eigenvalue weighted by atomic mass is 35.5. The molecule has 0 radical (unpaired) electrons. The first-order chi connectivity index (χ1) is 14.3. The molecule has 0 aliphatic rings. The number of benzene rings is 2. The van der Waals surface area contributed by atoms with Crippen molar-refractivity contribution < 1.29 is 22.7 Å². The summed E-state index contributed by atoms with van der Waals surface area (Å²) in [4.78, 5) is 12.6. The normalized spacial score (nSPS) is 11.4. The van der Waals surface area contributed by atoms with Crippen molar-refractivity contribution in [2.75, 3.05) is 32.6 Å². The fraction of sp³-hybridized carbons (Fsp3) is 0.381. The molecule has 0 aliphatic carbocycles. The van der Waals surface area contributed by atoms with E-state index in [9.17, 15) is 13.2 Å². The van der Waals surface area contributed by atoms with Gasteiger partial charge in [0.05, 0.1) is 29.8 Å². The van der Waals surface area contributed by atoms with Crippen molar-refractivity contribution >= 4 is 33.2 Å². The third-order valence-electron chi connectivity index (χ3n) is 4.66. The van der Waals surface area contributed by atoms with E-state index in [1.165, 1.54) is 18.5 Å². The van der Waals surface area contributed by atoms with Crippen LogP contribution in [0.2, 0.25) is 5.02 Å². The molecule has 0 atom stereocenters. The number of sulfonamides is 1. The smallest absolute Gasteiger partial charge is 0.243 e. The Morgan fingerprint density at radius 1 is 1.03 bits per heavy atom. The summed E-state index contributed by atoms with van der Waals surface area (Å²) >= 11 is 6.13. The van der Waals surface area contributed by atoms with E-state index in [1.54, 1.807) is 50.2 Å². The molecule has 2 aromatic rings. The Morgan fingerprint density at radius 3 is 2.17 bits per heavy atom. The minimum Gasteiger partial charge on any atom is -0.495 e. The molecule has 1 amide bonds. The van der Waals surface area contributed by atoms with Crippen LogP contribution in [0.4, 0.5) is 5.69 Å². The third-order valence-corrected chi connectivity index (χ3v) is 7.01. The maximum absolute atomic E-state index is 12.5. The lowest BCUT2D eigenvalue weighted by atomic mass is 10.1. The Hall–Kier alpha value is -2.29. The van der Waals surface area contributed by atoms with E-state index in [-0.39, 0.29) is 17.2 Å². The van der Waals surface area contributed by atoms with Gasteiger partial charge in [0.25, 0.3) is 0 Å². The number of anilines is 1. The Bertz CT molecular complexity index is 974. The topological polar surface area (TPSA) is 84.9 Å². The number of amides is 1. The number of ether oxygens (including phenoxy) is 2. The van der Waals surface area contributed by atoms with Gasteiger partial charge in [0.1, 0.15) is 11.5 Å². The Balaban J connectivity index is 2.03. The summed E-state index contributed by atoms with van der Waals surface area (Å²) in [5, 5.41) is 3.14. The van der Waals surface area contributed by atoms with E-state index in [0.29, 0.717) is 41.7 Å². The predicted octanol–water partition coefficient (Wildman–Crippen LogP) is 3.96. The molecule has 0 aromatic heterocycles. The number of hydrogen-bond acceptors (Lipinski definition) is 5. The predicted molar refractivity (Wildman–Crippen MR) is 118 cm³/mol. The molecule has 7 nitrogen and oxygen atoms in total. The van der Waals surface area contributed by atoms with E-state index in [0.717, 1.165) is 5.56 Å². The van der Waals surface area contributed by atoms with Crippen molar-refractivity contribution in [3.63, 3.8) is 0 Å². The first kappa shape index (κ1) is 24.0. The highest BCUT2D eigenvalue weighted by Gasteiger charge is 2.21. The van der Waals surface area contributed by atoms with Gasteiger partial charge in [-0.25, -0.2) is 8.42 Å². The van der Waals surface area contributed by atoms with Gasteiger partial charge >= 0.3 is 0 Å². The van der Waals surface area contributed by atoms with Crippen LogP contribution in [-0.4, -0.2) is 45.9 Å². The van der Waals surface area contributed by atoms with Crippen LogP contribution in [0.5, 0.6) is 11.5 Å². The first-order valence-electron chi connectivity index (χ1n) is 9.57. The molecule has 0 saturated heterocycles. The summed E-state index contributed by atoms with van der Waals surface area (Å²) in [7, 11) is -0.500. The van der Waals surface area contributed by atoms with Crippen LogP contribution in [0, 0.1) is 0 Å². The highest BCUT2D eigenvalue weighted by molar-refractivity contribution is 7.89.